The fraction of sp³-hybridized carbons (Fsp3) is 0.333. The van der Waals surface area contributed by atoms with E-state index in [9.17, 15) is 4.39 Å². The lowest BCUT2D eigenvalue weighted by atomic mass is 10.0. The summed E-state index contributed by atoms with van der Waals surface area (Å²) in [6, 6.07) is 13.0. The van der Waals surface area contributed by atoms with E-state index in [0.29, 0.717) is 6.54 Å². The van der Waals surface area contributed by atoms with Crippen molar-refractivity contribution < 1.29 is 8.91 Å². The molecule has 1 aliphatic heterocycles. The normalized spacial score (nSPS) is 18.6. The maximum Gasteiger partial charge on any atom is 0.151 e. The molecule has 0 N–H and O–H groups in total. The minimum absolute atomic E-state index is 0.176. The molecule has 26 heavy (non-hydrogen) atoms. The Hall–Kier alpha value is -2.53. The Bertz CT molecular complexity index is 849. The highest BCUT2D eigenvalue weighted by atomic mass is 19.1. The van der Waals surface area contributed by atoms with Crippen LogP contribution in [0.2, 0.25) is 0 Å². The van der Waals surface area contributed by atoms with Crippen molar-refractivity contribution in [2.45, 2.75) is 38.3 Å². The van der Waals surface area contributed by atoms with Gasteiger partial charge in [0.2, 0.25) is 0 Å². The first-order chi connectivity index (χ1) is 12.8. The number of benzene rings is 1. The van der Waals surface area contributed by atoms with Gasteiger partial charge in [0.1, 0.15) is 11.5 Å². The summed E-state index contributed by atoms with van der Waals surface area (Å²) in [4.78, 5) is 6.51. The van der Waals surface area contributed by atoms with Crippen LogP contribution in [0.4, 0.5) is 4.39 Å². The topological polar surface area (TPSA) is 42.2 Å². The van der Waals surface area contributed by atoms with Crippen LogP contribution in [-0.4, -0.2) is 21.6 Å². The number of aromatic nitrogens is 2. The first kappa shape index (κ1) is 16.9. The van der Waals surface area contributed by atoms with Crippen LogP contribution >= 0.6 is 0 Å². The van der Waals surface area contributed by atoms with Gasteiger partial charge in [-0.25, -0.2) is 4.39 Å². The van der Waals surface area contributed by atoms with E-state index >= 15 is 0 Å². The minimum atomic E-state index is -0.176. The van der Waals surface area contributed by atoms with Gasteiger partial charge >= 0.3 is 0 Å². The summed E-state index contributed by atoms with van der Waals surface area (Å²) in [6.45, 7) is 1.65. The molecule has 4 rings (SSSR count). The highest BCUT2D eigenvalue weighted by Gasteiger charge is 2.24. The summed E-state index contributed by atoms with van der Waals surface area (Å²) in [5.41, 5.74) is 2.78. The second kappa shape index (κ2) is 7.79. The highest BCUT2D eigenvalue weighted by molar-refractivity contribution is 5.57. The minimum Gasteiger partial charge on any atom is -0.359 e. The molecule has 3 heterocycles. The van der Waals surface area contributed by atoms with Gasteiger partial charge in [0, 0.05) is 30.1 Å². The molecule has 1 aliphatic rings. The van der Waals surface area contributed by atoms with Crippen LogP contribution in [0.25, 0.3) is 11.3 Å². The standard InChI is InChI=1S/C21H22FN3O/c22-18-8-4-6-16(12-18)21-9-2-1-3-11-25(21)15-19-13-20(24-26-19)17-7-5-10-23-14-17/h4-8,10,12-14,21H,1-3,9,11,15H2. The van der Waals surface area contributed by atoms with Gasteiger partial charge in [-0.1, -0.05) is 30.1 Å². The van der Waals surface area contributed by atoms with Crippen molar-refractivity contribution in [3.63, 3.8) is 0 Å². The first-order valence-electron chi connectivity index (χ1n) is 9.15. The second-order valence-corrected chi connectivity index (χ2v) is 6.81. The SMILES string of the molecule is Fc1cccc(C2CCCCCN2Cc2cc(-c3cccnc3)no2)c1. The van der Waals surface area contributed by atoms with Crippen molar-refractivity contribution in [1.29, 1.82) is 0 Å². The van der Waals surface area contributed by atoms with Crippen LogP contribution in [0.5, 0.6) is 0 Å². The van der Waals surface area contributed by atoms with Gasteiger partial charge in [0.05, 0.1) is 6.54 Å². The maximum atomic E-state index is 13.7. The molecule has 1 atom stereocenters. The van der Waals surface area contributed by atoms with E-state index in [0.717, 1.165) is 48.4 Å². The highest BCUT2D eigenvalue weighted by Crippen LogP contribution is 2.32. The predicted molar refractivity (Wildman–Crippen MR) is 97.8 cm³/mol. The molecule has 5 heteroatoms. The summed E-state index contributed by atoms with van der Waals surface area (Å²) in [5, 5.41) is 4.19. The molecule has 0 radical (unpaired) electrons. The van der Waals surface area contributed by atoms with E-state index in [1.54, 1.807) is 24.5 Å². The van der Waals surface area contributed by atoms with Crippen LogP contribution in [0.15, 0.2) is 59.4 Å². The fourth-order valence-corrected chi connectivity index (χ4v) is 3.69. The van der Waals surface area contributed by atoms with Crippen LogP contribution in [-0.2, 0) is 6.54 Å². The third-order valence-electron chi connectivity index (χ3n) is 4.97. The van der Waals surface area contributed by atoms with Crippen LogP contribution in [0.3, 0.4) is 0 Å². The van der Waals surface area contributed by atoms with Gasteiger partial charge in [-0.15, -0.1) is 0 Å². The average molecular weight is 351 g/mol. The van der Waals surface area contributed by atoms with E-state index < -0.39 is 0 Å². The van der Waals surface area contributed by atoms with Gasteiger partial charge in [-0.2, -0.15) is 0 Å². The van der Waals surface area contributed by atoms with Crippen molar-refractivity contribution in [2.24, 2.45) is 0 Å². The molecule has 1 saturated heterocycles. The number of likely N-dealkylation sites (tertiary alicyclic amines) is 1. The third-order valence-corrected chi connectivity index (χ3v) is 4.97. The number of pyridine rings is 1. The van der Waals surface area contributed by atoms with Gasteiger partial charge in [0.25, 0.3) is 0 Å². The third kappa shape index (κ3) is 3.83. The molecule has 1 unspecified atom stereocenters. The van der Waals surface area contributed by atoms with Crippen molar-refractivity contribution in [2.75, 3.05) is 6.54 Å². The number of hydrogen-bond acceptors (Lipinski definition) is 4. The molecular formula is C21H22FN3O. The summed E-state index contributed by atoms with van der Waals surface area (Å²) >= 11 is 0. The molecule has 134 valence electrons. The lowest BCUT2D eigenvalue weighted by Gasteiger charge is -2.29. The molecular weight excluding hydrogens is 329 g/mol. The number of halogens is 1. The molecule has 2 aromatic heterocycles. The average Bonchev–Trinajstić information content (AvgIpc) is 3.01. The van der Waals surface area contributed by atoms with Crippen molar-refractivity contribution in [3.8, 4) is 11.3 Å². The second-order valence-electron chi connectivity index (χ2n) is 6.81. The number of rotatable bonds is 4. The Kier molecular flexibility index (Phi) is 5.07. The Morgan fingerprint density at radius 2 is 2.08 bits per heavy atom. The molecule has 0 aliphatic carbocycles. The Morgan fingerprint density at radius 3 is 2.92 bits per heavy atom. The van der Waals surface area contributed by atoms with Gasteiger partial charge in [-0.05, 0) is 49.2 Å². The van der Waals surface area contributed by atoms with E-state index in [1.165, 1.54) is 12.5 Å². The van der Waals surface area contributed by atoms with Crippen molar-refractivity contribution >= 4 is 0 Å². The zero-order valence-electron chi connectivity index (χ0n) is 14.6. The smallest absolute Gasteiger partial charge is 0.151 e. The van der Waals surface area contributed by atoms with E-state index in [1.807, 2.05) is 24.3 Å². The quantitative estimate of drug-likeness (QED) is 0.664. The van der Waals surface area contributed by atoms with Gasteiger partial charge in [-0.3, -0.25) is 9.88 Å². The largest absolute Gasteiger partial charge is 0.359 e. The Morgan fingerprint density at radius 1 is 1.12 bits per heavy atom. The van der Waals surface area contributed by atoms with E-state index in [4.69, 9.17) is 4.52 Å². The Labute approximate surface area is 152 Å². The lowest BCUT2D eigenvalue weighted by Crippen LogP contribution is -2.28. The maximum absolute atomic E-state index is 13.7. The van der Waals surface area contributed by atoms with Crippen molar-refractivity contribution in [1.82, 2.24) is 15.0 Å². The fourth-order valence-electron chi connectivity index (χ4n) is 3.69. The lowest BCUT2D eigenvalue weighted by molar-refractivity contribution is 0.171. The van der Waals surface area contributed by atoms with Gasteiger partial charge < -0.3 is 4.52 Å². The predicted octanol–water partition coefficient (Wildman–Crippen LogP) is 4.99. The molecule has 0 amide bonds. The molecule has 4 nitrogen and oxygen atoms in total. The molecule has 1 fully saturated rings. The zero-order valence-corrected chi connectivity index (χ0v) is 14.6. The summed E-state index contributed by atoms with van der Waals surface area (Å²) in [7, 11) is 0. The summed E-state index contributed by atoms with van der Waals surface area (Å²) in [6.07, 6.45) is 8.07. The van der Waals surface area contributed by atoms with E-state index in [2.05, 4.69) is 15.0 Å². The molecule has 0 spiro atoms. The number of hydrogen-bond donors (Lipinski definition) is 0. The molecule has 0 saturated carbocycles. The van der Waals surface area contributed by atoms with Crippen LogP contribution in [0, 0.1) is 5.82 Å². The van der Waals surface area contributed by atoms with Crippen molar-refractivity contribution in [3.05, 3.63) is 72.0 Å². The van der Waals surface area contributed by atoms with Crippen LogP contribution < -0.4 is 0 Å². The summed E-state index contributed by atoms with van der Waals surface area (Å²) in [5.74, 6) is 0.650. The zero-order chi connectivity index (χ0) is 17.8. The first-order valence-corrected chi connectivity index (χ1v) is 9.15. The van der Waals surface area contributed by atoms with Crippen LogP contribution in [0.1, 0.15) is 43.0 Å². The van der Waals surface area contributed by atoms with Gasteiger partial charge in [0.15, 0.2) is 5.76 Å². The monoisotopic (exact) mass is 351 g/mol. The summed E-state index contributed by atoms with van der Waals surface area (Å²) < 4.78 is 19.3. The molecule has 0 bridgehead atoms. The molecule has 3 aromatic rings. The Balaban J connectivity index is 1.55. The molecule has 1 aromatic carbocycles. The van der Waals surface area contributed by atoms with E-state index in [-0.39, 0.29) is 11.9 Å². The number of nitrogens with zero attached hydrogens (tertiary/aromatic N) is 3.